The molecule has 0 radical (unpaired) electrons. The van der Waals surface area contributed by atoms with Gasteiger partial charge in [-0.25, -0.2) is 0 Å². The minimum absolute atomic E-state index is 0.0366. The molecule has 0 heterocycles. The Morgan fingerprint density at radius 3 is 2.45 bits per heavy atom. The van der Waals surface area contributed by atoms with Crippen LogP contribution in [0.15, 0.2) is 48.5 Å². The van der Waals surface area contributed by atoms with Gasteiger partial charge in [-0.15, -0.1) is 11.8 Å². The van der Waals surface area contributed by atoms with Crippen molar-refractivity contribution in [2.75, 3.05) is 19.4 Å². The average molecular weight is 415 g/mol. The second-order valence-electron chi connectivity index (χ2n) is 6.86. The fourth-order valence-corrected chi connectivity index (χ4v) is 3.81. The summed E-state index contributed by atoms with van der Waals surface area (Å²) < 4.78 is 5.17. The van der Waals surface area contributed by atoms with Crippen LogP contribution in [0.5, 0.6) is 5.75 Å². The van der Waals surface area contributed by atoms with E-state index in [-0.39, 0.29) is 11.8 Å². The Morgan fingerprint density at radius 2 is 1.83 bits per heavy atom. The van der Waals surface area contributed by atoms with E-state index in [1.54, 1.807) is 30.7 Å². The number of benzene rings is 2. The maximum atomic E-state index is 13.0. The number of thioether (sulfide) groups is 1. The molecule has 5 nitrogen and oxygen atoms in total. The Hall–Kier alpha value is -2.47. The van der Waals surface area contributed by atoms with Crippen molar-refractivity contribution in [3.63, 3.8) is 0 Å². The average Bonchev–Trinajstić information content (AvgIpc) is 2.73. The SMILES string of the molecule is CCNC(=O)[C@@H](C)N(Cc1ccccc1C)C(=O)CSCc1ccc(OC)cc1. The molecule has 0 spiro atoms. The van der Waals surface area contributed by atoms with Crippen LogP contribution in [0.1, 0.15) is 30.5 Å². The van der Waals surface area contributed by atoms with Gasteiger partial charge in [-0.2, -0.15) is 0 Å². The number of rotatable bonds is 10. The number of carbonyl (C=O) groups is 2. The molecule has 0 aliphatic rings. The molecule has 0 aliphatic carbocycles. The van der Waals surface area contributed by atoms with Crippen molar-refractivity contribution in [1.29, 1.82) is 0 Å². The van der Waals surface area contributed by atoms with E-state index in [9.17, 15) is 9.59 Å². The number of ether oxygens (including phenoxy) is 1. The van der Waals surface area contributed by atoms with Crippen LogP contribution in [0, 0.1) is 6.92 Å². The molecular formula is C23H30N2O3S. The van der Waals surface area contributed by atoms with Gasteiger partial charge in [-0.1, -0.05) is 36.4 Å². The molecule has 2 amide bonds. The van der Waals surface area contributed by atoms with Gasteiger partial charge in [0.15, 0.2) is 0 Å². The molecule has 0 saturated heterocycles. The number of hydrogen-bond donors (Lipinski definition) is 1. The number of likely N-dealkylation sites (N-methyl/N-ethyl adjacent to an activating group) is 1. The lowest BCUT2D eigenvalue weighted by molar-refractivity contribution is -0.138. The number of aryl methyl sites for hydroxylation is 1. The summed E-state index contributed by atoms with van der Waals surface area (Å²) in [6, 6.07) is 15.3. The first kappa shape index (κ1) is 22.8. The van der Waals surface area contributed by atoms with E-state index in [2.05, 4.69) is 5.32 Å². The highest BCUT2D eigenvalue weighted by atomic mass is 32.2. The Morgan fingerprint density at radius 1 is 1.14 bits per heavy atom. The summed E-state index contributed by atoms with van der Waals surface area (Å²) >= 11 is 1.55. The van der Waals surface area contributed by atoms with Crippen LogP contribution in [0.3, 0.4) is 0 Å². The Bertz CT molecular complexity index is 808. The summed E-state index contributed by atoms with van der Waals surface area (Å²) in [5.74, 6) is 1.69. The van der Waals surface area contributed by atoms with Crippen LogP contribution in [0.4, 0.5) is 0 Å². The van der Waals surface area contributed by atoms with E-state index in [1.807, 2.05) is 62.4 Å². The maximum Gasteiger partial charge on any atom is 0.242 e. The van der Waals surface area contributed by atoms with Crippen LogP contribution in [-0.4, -0.2) is 42.2 Å². The minimum Gasteiger partial charge on any atom is -0.497 e. The van der Waals surface area contributed by atoms with E-state index < -0.39 is 6.04 Å². The molecule has 0 fully saturated rings. The number of hydrogen-bond acceptors (Lipinski definition) is 4. The van der Waals surface area contributed by atoms with Crippen molar-refractivity contribution in [3.05, 3.63) is 65.2 Å². The Kier molecular flexibility index (Phi) is 9.06. The highest BCUT2D eigenvalue weighted by molar-refractivity contribution is 7.99. The third-order valence-electron chi connectivity index (χ3n) is 4.77. The van der Waals surface area contributed by atoms with Crippen molar-refractivity contribution < 1.29 is 14.3 Å². The molecule has 2 rings (SSSR count). The molecule has 2 aromatic carbocycles. The highest BCUT2D eigenvalue weighted by Crippen LogP contribution is 2.19. The number of amides is 2. The summed E-state index contributed by atoms with van der Waals surface area (Å²) in [5, 5.41) is 2.82. The van der Waals surface area contributed by atoms with Gasteiger partial charge in [0.1, 0.15) is 11.8 Å². The predicted molar refractivity (Wildman–Crippen MR) is 119 cm³/mol. The molecule has 2 aromatic rings. The largest absolute Gasteiger partial charge is 0.497 e. The Labute approximate surface area is 177 Å². The zero-order valence-corrected chi connectivity index (χ0v) is 18.4. The lowest BCUT2D eigenvalue weighted by Gasteiger charge is -2.29. The second kappa shape index (κ2) is 11.5. The van der Waals surface area contributed by atoms with Crippen molar-refractivity contribution >= 4 is 23.6 Å². The van der Waals surface area contributed by atoms with Crippen molar-refractivity contribution in [2.24, 2.45) is 0 Å². The van der Waals surface area contributed by atoms with E-state index in [0.717, 1.165) is 28.2 Å². The van der Waals surface area contributed by atoms with Crippen LogP contribution < -0.4 is 10.1 Å². The number of nitrogens with zero attached hydrogens (tertiary/aromatic N) is 1. The molecule has 0 bridgehead atoms. The summed E-state index contributed by atoms with van der Waals surface area (Å²) in [6.45, 7) is 6.65. The lowest BCUT2D eigenvalue weighted by atomic mass is 10.1. The molecule has 1 N–H and O–H groups in total. The molecule has 1 atom stereocenters. The number of nitrogens with one attached hydrogen (secondary N) is 1. The quantitative estimate of drug-likeness (QED) is 0.643. The van der Waals surface area contributed by atoms with E-state index in [0.29, 0.717) is 18.8 Å². The molecule has 29 heavy (non-hydrogen) atoms. The zero-order valence-electron chi connectivity index (χ0n) is 17.6. The van der Waals surface area contributed by atoms with Gasteiger partial charge >= 0.3 is 0 Å². The minimum atomic E-state index is -0.524. The first-order valence-corrected chi connectivity index (χ1v) is 10.9. The van der Waals surface area contributed by atoms with Gasteiger partial charge in [0.2, 0.25) is 11.8 Å². The molecular weight excluding hydrogens is 384 g/mol. The molecule has 0 aromatic heterocycles. The summed E-state index contributed by atoms with van der Waals surface area (Å²) in [7, 11) is 1.64. The molecule has 156 valence electrons. The molecule has 0 aliphatic heterocycles. The zero-order chi connectivity index (χ0) is 21.2. The fourth-order valence-electron chi connectivity index (χ4n) is 2.94. The van der Waals surface area contributed by atoms with Crippen LogP contribution in [0.2, 0.25) is 0 Å². The monoisotopic (exact) mass is 414 g/mol. The normalized spacial score (nSPS) is 11.6. The van der Waals surface area contributed by atoms with Gasteiger partial charge in [0.05, 0.1) is 12.9 Å². The first-order chi connectivity index (χ1) is 14.0. The van der Waals surface area contributed by atoms with Crippen molar-refractivity contribution in [3.8, 4) is 5.75 Å². The van der Waals surface area contributed by atoms with Gasteiger partial charge in [-0.05, 0) is 49.6 Å². The predicted octanol–water partition coefficient (Wildman–Crippen LogP) is 3.79. The molecule has 0 saturated carbocycles. The first-order valence-electron chi connectivity index (χ1n) is 9.78. The molecule has 6 heteroatoms. The highest BCUT2D eigenvalue weighted by Gasteiger charge is 2.26. The van der Waals surface area contributed by atoms with Crippen molar-refractivity contribution in [1.82, 2.24) is 10.2 Å². The third-order valence-corrected chi connectivity index (χ3v) is 5.76. The van der Waals surface area contributed by atoms with E-state index >= 15 is 0 Å². The number of methoxy groups -OCH3 is 1. The number of carbonyl (C=O) groups excluding carboxylic acids is 2. The van der Waals surface area contributed by atoms with E-state index in [1.165, 1.54) is 0 Å². The van der Waals surface area contributed by atoms with Gasteiger partial charge in [0.25, 0.3) is 0 Å². The fraction of sp³-hybridized carbons (Fsp3) is 0.391. The maximum absolute atomic E-state index is 13.0. The second-order valence-corrected chi connectivity index (χ2v) is 7.85. The van der Waals surface area contributed by atoms with Crippen LogP contribution in [-0.2, 0) is 21.9 Å². The molecule has 0 unspecified atom stereocenters. The van der Waals surface area contributed by atoms with Gasteiger partial charge in [-0.3, -0.25) is 9.59 Å². The summed E-state index contributed by atoms with van der Waals surface area (Å²) in [6.07, 6.45) is 0. The van der Waals surface area contributed by atoms with Crippen molar-refractivity contribution in [2.45, 2.75) is 39.1 Å². The lowest BCUT2D eigenvalue weighted by Crippen LogP contribution is -2.48. The summed E-state index contributed by atoms with van der Waals surface area (Å²) in [4.78, 5) is 27.1. The van der Waals surface area contributed by atoms with Gasteiger partial charge in [0, 0.05) is 18.8 Å². The summed E-state index contributed by atoms with van der Waals surface area (Å²) in [5.41, 5.74) is 3.29. The van der Waals surface area contributed by atoms with Crippen LogP contribution in [0.25, 0.3) is 0 Å². The van der Waals surface area contributed by atoms with E-state index in [4.69, 9.17) is 4.74 Å². The van der Waals surface area contributed by atoms with Gasteiger partial charge < -0.3 is 15.0 Å². The topological polar surface area (TPSA) is 58.6 Å². The Balaban J connectivity index is 2.04. The standard InChI is InChI=1S/C23H30N2O3S/c1-5-24-23(27)18(3)25(14-20-9-7-6-8-17(20)2)22(26)16-29-15-19-10-12-21(28-4)13-11-19/h6-13,18H,5,14-16H2,1-4H3,(H,24,27)/t18-/m1/s1. The third kappa shape index (κ3) is 6.82. The smallest absolute Gasteiger partial charge is 0.242 e. The van der Waals surface area contributed by atoms with Crippen LogP contribution >= 0.6 is 11.8 Å².